The molecule has 194 valence electrons. The molecule has 5 atom stereocenters. The van der Waals surface area contributed by atoms with E-state index in [0.29, 0.717) is 4.90 Å². The Balaban J connectivity index is 2.15. The number of rotatable bonds is 6. The van der Waals surface area contributed by atoms with Crippen LogP contribution >= 0.6 is 23.2 Å². The van der Waals surface area contributed by atoms with Gasteiger partial charge in [0.1, 0.15) is 18.8 Å². The summed E-state index contributed by atoms with van der Waals surface area (Å²) >= 11 is 12.2. The van der Waals surface area contributed by atoms with E-state index in [2.05, 4.69) is 0 Å². The highest BCUT2D eigenvalue weighted by atomic mass is 35.5. The minimum absolute atomic E-state index is 0.00520. The Bertz CT molecular complexity index is 1140. The smallest absolute Gasteiger partial charge is 0.305 e. The van der Waals surface area contributed by atoms with Crippen LogP contribution in [0.1, 0.15) is 48.4 Å². The van der Waals surface area contributed by atoms with Gasteiger partial charge in [0.25, 0.3) is 11.8 Å². The second-order valence-electron chi connectivity index (χ2n) is 7.86. The summed E-state index contributed by atoms with van der Waals surface area (Å²) in [5.74, 6) is -5.12. The van der Waals surface area contributed by atoms with Crippen molar-refractivity contribution < 1.29 is 52.5 Å². The van der Waals surface area contributed by atoms with Gasteiger partial charge in [-0.2, -0.15) is 0 Å². The average Bonchev–Trinajstić information content (AvgIpc) is 3.00. The normalized spacial score (nSPS) is 25.2. The predicted molar refractivity (Wildman–Crippen MR) is 119 cm³/mol. The Morgan fingerprint density at radius 2 is 1.44 bits per heavy atom. The van der Waals surface area contributed by atoms with Crippen LogP contribution in [-0.2, 0) is 42.9 Å². The summed E-state index contributed by atoms with van der Waals surface area (Å²) in [6.07, 6.45) is -6.10. The predicted octanol–water partition coefficient (Wildman–Crippen LogP) is 1.67. The van der Waals surface area contributed by atoms with Crippen molar-refractivity contribution in [1.82, 2.24) is 4.90 Å². The van der Waals surface area contributed by atoms with Crippen LogP contribution in [0.4, 0.5) is 0 Å². The van der Waals surface area contributed by atoms with E-state index in [-0.39, 0.29) is 21.2 Å². The molecule has 1 saturated heterocycles. The molecule has 3 rings (SSSR count). The number of carbonyl (C=O) groups is 6. The Labute approximate surface area is 214 Å². The molecular formula is C22H21Cl2NO11. The molecule has 1 aromatic rings. The maximum absolute atomic E-state index is 13.4. The minimum Gasteiger partial charge on any atom is -0.463 e. The van der Waals surface area contributed by atoms with Crippen LogP contribution in [0.15, 0.2) is 12.1 Å². The second-order valence-corrected chi connectivity index (χ2v) is 8.64. The number of imide groups is 1. The van der Waals surface area contributed by atoms with Gasteiger partial charge in [-0.1, -0.05) is 23.2 Å². The lowest BCUT2D eigenvalue weighted by atomic mass is 9.94. The monoisotopic (exact) mass is 545 g/mol. The topological polar surface area (TPSA) is 152 Å². The second kappa shape index (κ2) is 10.8. The molecule has 0 radical (unpaired) electrons. The maximum atomic E-state index is 13.4. The molecule has 12 nitrogen and oxygen atoms in total. The first-order chi connectivity index (χ1) is 16.8. The summed E-state index contributed by atoms with van der Waals surface area (Å²) in [4.78, 5) is 74.7. The van der Waals surface area contributed by atoms with Gasteiger partial charge in [0.15, 0.2) is 12.2 Å². The fourth-order valence-corrected chi connectivity index (χ4v) is 4.37. The molecule has 0 saturated carbocycles. The van der Waals surface area contributed by atoms with Gasteiger partial charge in [-0.15, -0.1) is 0 Å². The summed E-state index contributed by atoms with van der Waals surface area (Å²) in [6, 6.07) is 0.971. The first kappa shape index (κ1) is 27.4. The molecular weight excluding hydrogens is 525 g/mol. The van der Waals surface area contributed by atoms with Crippen molar-refractivity contribution in [2.75, 3.05) is 6.61 Å². The van der Waals surface area contributed by atoms with E-state index in [1.165, 1.54) is 12.1 Å². The molecule has 0 aliphatic carbocycles. The summed E-state index contributed by atoms with van der Waals surface area (Å²) < 4.78 is 26.7. The minimum atomic E-state index is -1.71. The van der Waals surface area contributed by atoms with Gasteiger partial charge in [0, 0.05) is 27.7 Å². The van der Waals surface area contributed by atoms with Crippen molar-refractivity contribution in [3.05, 3.63) is 33.3 Å². The molecule has 0 unspecified atom stereocenters. The lowest BCUT2D eigenvalue weighted by Crippen LogP contribution is -2.67. The zero-order chi connectivity index (χ0) is 26.9. The zero-order valence-corrected chi connectivity index (χ0v) is 21.0. The third-order valence-corrected chi connectivity index (χ3v) is 6.03. The molecule has 14 heteroatoms. The van der Waals surface area contributed by atoms with Crippen molar-refractivity contribution in [3.8, 4) is 0 Å². The summed E-state index contributed by atoms with van der Waals surface area (Å²) in [6.45, 7) is 3.76. The number of hydrogen-bond acceptors (Lipinski definition) is 11. The summed E-state index contributed by atoms with van der Waals surface area (Å²) in [5.41, 5.74) is -0.327. The average molecular weight is 546 g/mol. The Hall–Kier alpha value is -3.22. The Kier molecular flexibility index (Phi) is 8.22. The molecule has 0 aromatic heterocycles. The van der Waals surface area contributed by atoms with Crippen LogP contribution in [0.2, 0.25) is 10.0 Å². The van der Waals surface area contributed by atoms with Gasteiger partial charge >= 0.3 is 23.9 Å². The van der Waals surface area contributed by atoms with E-state index < -0.39 is 72.9 Å². The third kappa shape index (κ3) is 5.45. The number of esters is 4. The summed E-state index contributed by atoms with van der Waals surface area (Å²) in [7, 11) is 0. The number of hydrogen-bond donors (Lipinski definition) is 0. The molecule has 0 spiro atoms. The number of carbonyl (C=O) groups excluding carboxylic acids is 6. The largest absolute Gasteiger partial charge is 0.463 e. The molecule has 1 aromatic carbocycles. The molecule has 2 aliphatic rings. The number of halogens is 2. The Morgan fingerprint density at radius 3 is 2.00 bits per heavy atom. The SMILES string of the molecule is CC(=O)OC[C@H]1O[C@@H](OC(C)=O)[C@H](N2C(=O)c3ccc(Cl)c(Cl)c3C2=O)[C@@H](OC(C)=O)[C@@H]1OC(C)=O. The van der Waals surface area contributed by atoms with Crippen molar-refractivity contribution in [2.24, 2.45) is 0 Å². The van der Waals surface area contributed by atoms with Crippen LogP contribution in [0, 0.1) is 0 Å². The van der Waals surface area contributed by atoms with E-state index in [1.54, 1.807) is 0 Å². The van der Waals surface area contributed by atoms with Crippen LogP contribution in [-0.4, -0.2) is 77.8 Å². The van der Waals surface area contributed by atoms with E-state index >= 15 is 0 Å². The van der Waals surface area contributed by atoms with Gasteiger partial charge in [-0.05, 0) is 12.1 Å². The lowest BCUT2D eigenvalue weighted by Gasteiger charge is -2.46. The highest BCUT2D eigenvalue weighted by molar-refractivity contribution is 6.45. The molecule has 0 N–H and O–H groups in total. The van der Waals surface area contributed by atoms with Gasteiger partial charge in [-0.3, -0.25) is 33.7 Å². The standard InChI is InChI=1S/C22H21Cl2NO11/c1-8(26)32-7-14-18(33-9(2)27)19(34-10(3)28)17(22(36-14)35-11(4)29)25-20(30)12-5-6-13(23)16(24)15(12)21(25)31/h5-6,14,17-19,22H,7H2,1-4H3/t14-,17-,18-,19-,22-/m1/s1. The number of benzene rings is 1. The third-order valence-electron chi connectivity index (χ3n) is 5.23. The van der Waals surface area contributed by atoms with E-state index in [9.17, 15) is 28.8 Å². The first-order valence-electron chi connectivity index (χ1n) is 10.5. The molecule has 2 amide bonds. The zero-order valence-electron chi connectivity index (χ0n) is 19.4. The van der Waals surface area contributed by atoms with E-state index in [4.69, 9.17) is 46.9 Å². The number of ether oxygens (including phenoxy) is 5. The van der Waals surface area contributed by atoms with Crippen molar-refractivity contribution in [1.29, 1.82) is 0 Å². The van der Waals surface area contributed by atoms with E-state index in [1.807, 2.05) is 0 Å². The number of amides is 2. The number of nitrogens with zero attached hydrogens (tertiary/aromatic N) is 1. The van der Waals surface area contributed by atoms with E-state index in [0.717, 1.165) is 27.7 Å². The van der Waals surface area contributed by atoms with Crippen molar-refractivity contribution >= 4 is 58.9 Å². The number of fused-ring (bicyclic) bond motifs is 1. The van der Waals surface area contributed by atoms with Gasteiger partial charge in [-0.25, -0.2) is 0 Å². The van der Waals surface area contributed by atoms with Crippen molar-refractivity contribution in [3.63, 3.8) is 0 Å². The van der Waals surface area contributed by atoms with Gasteiger partial charge in [0.05, 0.1) is 21.2 Å². The first-order valence-corrected chi connectivity index (χ1v) is 11.2. The lowest BCUT2D eigenvalue weighted by molar-refractivity contribution is -0.278. The molecule has 1 fully saturated rings. The molecule has 2 heterocycles. The van der Waals surface area contributed by atoms with Crippen LogP contribution < -0.4 is 0 Å². The van der Waals surface area contributed by atoms with Gasteiger partial charge < -0.3 is 23.7 Å². The molecule has 36 heavy (non-hydrogen) atoms. The van der Waals surface area contributed by atoms with Crippen LogP contribution in [0.25, 0.3) is 0 Å². The fraction of sp³-hybridized carbons (Fsp3) is 0.455. The van der Waals surface area contributed by atoms with Crippen LogP contribution in [0.3, 0.4) is 0 Å². The fourth-order valence-electron chi connectivity index (χ4n) is 3.97. The summed E-state index contributed by atoms with van der Waals surface area (Å²) in [5, 5.41) is -0.185. The highest BCUT2D eigenvalue weighted by Gasteiger charge is 2.58. The molecule has 2 aliphatic heterocycles. The quantitative estimate of drug-likeness (QED) is 0.291. The van der Waals surface area contributed by atoms with Gasteiger partial charge in [0.2, 0.25) is 6.29 Å². The highest BCUT2D eigenvalue weighted by Crippen LogP contribution is 2.39. The maximum Gasteiger partial charge on any atom is 0.305 e. The van der Waals surface area contributed by atoms with Crippen molar-refractivity contribution in [2.45, 2.75) is 58.3 Å². The van der Waals surface area contributed by atoms with Crippen LogP contribution in [0.5, 0.6) is 0 Å². The Morgan fingerprint density at radius 1 is 0.861 bits per heavy atom. The molecule has 0 bridgehead atoms.